The fourth-order valence-electron chi connectivity index (χ4n) is 3.32. The van der Waals surface area contributed by atoms with Gasteiger partial charge < -0.3 is 15.1 Å². The molecule has 0 spiro atoms. The summed E-state index contributed by atoms with van der Waals surface area (Å²) in [6, 6.07) is 0. The van der Waals surface area contributed by atoms with Gasteiger partial charge in [-0.05, 0) is 31.6 Å². The Morgan fingerprint density at radius 3 is 2.76 bits per heavy atom. The van der Waals surface area contributed by atoms with E-state index in [1.165, 1.54) is 0 Å². The Hall–Kier alpha value is -1.10. The molecule has 0 aromatic heterocycles. The normalized spacial score (nSPS) is 24.0. The highest BCUT2D eigenvalue weighted by Crippen LogP contribution is 2.23. The van der Waals surface area contributed by atoms with Crippen molar-refractivity contribution in [1.29, 1.82) is 0 Å². The van der Waals surface area contributed by atoms with E-state index in [0.717, 1.165) is 58.4 Å². The van der Waals surface area contributed by atoms with E-state index in [4.69, 9.17) is 0 Å². The van der Waals surface area contributed by atoms with Gasteiger partial charge in [0, 0.05) is 38.6 Å². The van der Waals surface area contributed by atoms with Gasteiger partial charge in [-0.3, -0.25) is 9.59 Å². The third-order valence-electron chi connectivity index (χ3n) is 4.40. The lowest BCUT2D eigenvalue weighted by Gasteiger charge is -2.34. The molecular formula is C16H29N3O2. The zero-order valence-corrected chi connectivity index (χ0v) is 13.4. The fourth-order valence-corrected chi connectivity index (χ4v) is 3.32. The van der Waals surface area contributed by atoms with Crippen molar-refractivity contribution >= 4 is 11.8 Å². The van der Waals surface area contributed by atoms with Crippen LogP contribution in [0, 0.1) is 11.8 Å². The Labute approximate surface area is 128 Å². The maximum atomic E-state index is 12.4. The molecule has 2 aliphatic rings. The second-order valence-electron chi connectivity index (χ2n) is 6.72. The second-order valence-corrected chi connectivity index (χ2v) is 6.72. The van der Waals surface area contributed by atoms with Crippen LogP contribution in [0.1, 0.15) is 39.5 Å². The van der Waals surface area contributed by atoms with Crippen LogP contribution >= 0.6 is 0 Å². The highest BCUT2D eigenvalue weighted by molar-refractivity contribution is 5.80. The number of nitrogens with one attached hydrogen (secondary N) is 1. The summed E-state index contributed by atoms with van der Waals surface area (Å²) in [5.74, 6) is 1.24. The molecule has 1 N–H and O–H groups in total. The molecule has 0 aromatic carbocycles. The van der Waals surface area contributed by atoms with Crippen molar-refractivity contribution in [3.05, 3.63) is 0 Å². The first-order valence-electron chi connectivity index (χ1n) is 8.35. The third kappa shape index (κ3) is 4.70. The van der Waals surface area contributed by atoms with E-state index in [1.54, 1.807) is 0 Å². The van der Waals surface area contributed by atoms with Gasteiger partial charge >= 0.3 is 0 Å². The van der Waals surface area contributed by atoms with E-state index in [0.29, 0.717) is 18.4 Å². The number of hydrogen-bond acceptors (Lipinski definition) is 3. The molecule has 2 heterocycles. The largest absolute Gasteiger partial charge is 0.342 e. The molecule has 1 unspecified atom stereocenters. The quantitative estimate of drug-likeness (QED) is 0.798. The Balaban J connectivity index is 1.74. The molecule has 0 aromatic rings. The predicted molar refractivity (Wildman–Crippen MR) is 82.8 cm³/mol. The van der Waals surface area contributed by atoms with Gasteiger partial charge in [0.15, 0.2) is 0 Å². The SMILES string of the molecule is CC(C)CN1CCCC(CCCN2CCNCC2=O)C1=O. The standard InChI is InChI=1S/C16H29N3O2/c1-13(2)12-19-9-4-6-14(16(19)21)5-3-8-18-10-7-17-11-15(18)20/h13-14,17H,3-12H2,1-2H3. The van der Waals surface area contributed by atoms with Gasteiger partial charge in [0.25, 0.3) is 0 Å². The number of carbonyl (C=O) groups is 2. The zero-order valence-electron chi connectivity index (χ0n) is 13.4. The molecule has 2 aliphatic heterocycles. The van der Waals surface area contributed by atoms with E-state index >= 15 is 0 Å². The fraction of sp³-hybridized carbons (Fsp3) is 0.875. The molecule has 5 heteroatoms. The van der Waals surface area contributed by atoms with Crippen molar-refractivity contribution in [2.45, 2.75) is 39.5 Å². The Kier molecular flexibility index (Phi) is 6.03. The minimum Gasteiger partial charge on any atom is -0.342 e. The first-order chi connectivity index (χ1) is 10.1. The average Bonchev–Trinajstić information content (AvgIpc) is 2.44. The van der Waals surface area contributed by atoms with Crippen LogP contribution in [0.3, 0.4) is 0 Å². The van der Waals surface area contributed by atoms with Crippen LogP contribution in [-0.4, -0.2) is 60.9 Å². The van der Waals surface area contributed by atoms with Gasteiger partial charge in [0.05, 0.1) is 6.54 Å². The van der Waals surface area contributed by atoms with Crippen LogP contribution < -0.4 is 5.32 Å². The van der Waals surface area contributed by atoms with Crippen LogP contribution in [0.2, 0.25) is 0 Å². The molecule has 0 radical (unpaired) electrons. The minimum absolute atomic E-state index is 0.176. The molecule has 2 rings (SSSR count). The first-order valence-corrected chi connectivity index (χ1v) is 8.35. The monoisotopic (exact) mass is 295 g/mol. The second kappa shape index (κ2) is 7.78. The lowest BCUT2D eigenvalue weighted by atomic mass is 9.92. The Morgan fingerprint density at radius 2 is 2.05 bits per heavy atom. The molecule has 1 atom stereocenters. The summed E-state index contributed by atoms with van der Waals surface area (Å²) in [5, 5.41) is 3.08. The molecule has 2 fully saturated rings. The van der Waals surface area contributed by atoms with E-state index in [1.807, 2.05) is 9.80 Å². The average molecular weight is 295 g/mol. The van der Waals surface area contributed by atoms with E-state index in [9.17, 15) is 9.59 Å². The number of rotatable bonds is 6. The summed E-state index contributed by atoms with van der Waals surface area (Å²) in [4.78, 5) is 28.1. The van der Waals surface area contributed by atoms with Gasteiger partial charge in [0.2, 0.25) is 11.8 Å². The number of likely N-dealkylation sites (tertiary alicyclic amines) is 1. The summed E-state index contributed by atoms with van der Waals surface area (Å²) in [5.41, 5.74) is 0. The molecule has 0 saturated carbocycles. The molecule has 2 saturated heterocycles. The molecule has 120 valence electrons. The van der Waals surface area contributed by atoms with Gasteiger partial charge in [-0.1, -0.05) is 13.8 Å². The summed E-state index contributed by atoms with van der Waals surface area (Å²) in [6.45, 7) is 9.07. The van der Waals surface area contributed by atoms with Gasteiger partial charge in [0.1, 0.15) is 0 Å². The lowest BCUT2D eigenvalue weighted by molar-refractivity contribution is -0.139. The van der Waals surface area contributed by atoms with Crippen LogP contribution in [0.4, 0.5) is 0 Å². The van der Waals surface area contributed by atoms with Crippen LogP contribution in [0.25, 0.3) is 0 Å². The zero-order chi connectivity index (χ0) is 15.2. The van der Waals surface area contributed by atoms with E-state index in [2.05, 4.69) is 19.2 Å². The molecule has 21 heavy (non-hydrogen) atoms. The summed E-state index contributed by atoms with van der Waals surface area (Å²) in [7, 11) is 0. The smallest absolute Gasteiger partial charge is 0.236 e. The van der Waals surface area contributed by atoms with Crippen molar-refractivity contribution in [2.24, 2.45) is 11.8 Å². The van der Waals surface area contributed by atoms with Gasteiger partial charge in [-0.15, -0.1) is 0 Å². The minimum atomic E-state index is 0.176. The summed E-state index contributed by atoms with van der Waals surface area (Å²) >= 11 is 0. The summed E-state index contributed by atoms with van der Waals surface area (Å²) in [6.07, 6.45) is 4.00. The van der Waals surface area contributed by atoms with E-state index < -0.39 is 0 Å². The highest BCUT2D eigenvalue weighted by atomic mass is 16.2. The molecular weight excluding hydrogens is 266 g/mol. The molecule has 0 aliphatic carbocycles. The predicted octanol–water partition coefficient (Wildman–Crippen LogP) is 1.09. The molecule has 2 amide bonds. The Morgan fingerprint density at radius 1 is 1.24 bits per heavy atom. The number of amides is 2. The van der Waals surface area contributed by atoms with Crippen LogP contribution in [0.5, 0.6) is 0 Å². The third-order valence-corrected chi connectivity index (χ3v) is 4.40. The summed E-state index contributed by atoms with van der Waals surface area (Å²) < 4.78 is 0. The highest BCUT2D eigenvalue weighted by Gasteiger charge is 2.28. The molecule has 5 nitrogen and oxygen atoms in total. The van der Waals surface area contributed by atoms with E-state index in [-0.39, 0.29) is 11.8 Å². The van der Waals surface area contributed by atoms with Crippen molar-refractivity contribution in [3.8, 4) is 0 Å². The van der Waals surface area contributed by atoms with Gasteiger partial charge in [-0.2, -0.15) is 0 Å². The van der Waals surface area contributed by atoms with Crippen molar-refractivity contribution < 1.29 is 9.59 Å². The van der Waals surface area contributed by atoms with Crippen molar-refractivity contribution in [1.82, 2.24) is 15.1 Å². The van der Waals surface area contributed by atoms with Crippen molar-refractivity contribution in [3.63, 3.8) is 0 Å². The number of carbonyl (C=O) groups excluding carboxylic acids is 2. The number of nitrogens with zero attached hydrogens (tertiary/aromatic N) is 2. The Bertz CT molecular complexity index is 371. The maximum Gasteiger partial charge on any atom is 0.236 e. The number of hydrogen-bond donors (Lipinski definition) is 1. The maximum absolute atomic E-state index is 12.4. The van der Waals surface area contributed by atoms with Crippen LogP contribution in [-0.2, 0) is 9.59 Å². The topological polar surface area (TPSA) is 52.6 Å². The first kappa shape index (κ1) is 16.3. The van der Waals surface area contributed by atoms with Gasteiger partial charge in [-0.25, -0.2) is 0 Å². The van der Waals surface area contributed by atoms with Crippen molar-refractivity contribution in [2.75, 3.05) is 39.3 Å². The van der Waals surface area contributed by atoms with Crippen LogP contribution in [0.15, 0.2) is 0 Å². The number of piperidine rings is 1. The lowest BCUT2D eigenvalue weighted by Crippen LogP contribution is -2.48. The number of piperazine rings is 1. The molecule has 0 bridgehead atoms.